The largest absolute Gasteiger partial charge is 0.462 e. The Labute approximate surface area is 239 Å². The van der Waals surface area contributed by atoms with Crippen molar-refractivity contribution in [3.8, 4) is 0 Å². The highest BCUT2D eigenvalue weighted by Crippen LogP contribution is 2.74. The Morgan fingerprint density at radius 1 is 1.02 bits per heavy atom. The molecule has 2 unspecified atom stereocenters. The van der Waals surface area contributed by atoms with Crippen LogP contribution in [0.2, 0.25) is 0 Å². The molecule has 1 N–H and O–H groups in total. The maximum atomic E-state index is 13.4. The summed E-state index contributed by atoms with van der Waals surface area (Å²) in [6.07, 6.45) is 5.97. The molecule has 0 aromatic heterocycles. The van der Waals surface area contributed by atoms with Crippen molar-refractivity contribution in [1.29, 1.82) is 0 Å². The second kappa shape index (κ2) is 9.84. The fraction of sp³-hybridized carbons (Fsp3) is 0.848. The quantitative estimate of drug-likeness (QED) is 0.331. The van der Waals surface area contributed by atoms with Gasteiger partial charge in [0, 0.05) is 23.3 Å². The minimum absolute atomic E-state index is 0.0250. The molecule has 7 nitrogen and oxygen atoms in total. The number of esters is 3. The molecule has 40 heavy (non-hydrogen) atoms. The van der Waals surface area contributed by atoms with E-state index in [9.17, 15) is 19.5 Å². The van der Waals surface area contributed by atoms with Crippen molar-refractivity contribution in [3.05, 3.63) is 11.1 Å². The van der Waals surface area contributed by atoms with Crippen LogP contribution in [0.1, 0.15) is 113 Å². The molecule has 5 rings (SSSR count). The van der Waals surface area contributed by atoms with Gasteiger partial charge in [-0.05, 0) is 99.9 Å². The molecule has 0 spiro atoms. The molecule has 3 fully saturated rings. The van der Waals surface area contributed by atoms with Crippen molar-refractivity contribution in [2.24, 2.45) is 39.4 Å². The zero-order valence-corrected chi connectivity index (χ0v) is 25.8. The van der Waals surface area contributed by atoms with Gasteiger partial charge in [0.1, 0.15) is 18.3 Å². The van der Waals surface area contributed by atoms with Crippen molar-refractivity contribution in [3.63, 3.8) is 0 Å². The Morgan fingerprint density at radius 3 is 2.35 bits per heavy atom. The molecule has 0 radical (unpaired) electrons. The van der Waals surface area contributed by atoms with Gasteiger partial charge in [-0.1, -0.05) is 34.1 Å². The van der Waals surface area contributed by atoms with E-state index in [1.807, 2.05) is 6.92 Å². The lowest BCUT2D eigenvalue weighted by Crippen LogP contribution is -2.67. The van der Waals surface area contributed by atoms with E-state index in [4.69, 9.17) is 14.2 Å². The predicted octanol–water partition coefficient (Wildman–Crippen LogP) is 5.91. The summed E-state index contributed by atoms with van der Waals surface area (Å²) in [6.45, 7) is 16.4. The smallest absolute Gasteiger partial charge is 0.335 e. The molecule has 0 saturated heterocycles. The fourth-order valence-corrected chi connectivity index (χ4v) is 11.0. The van der Waals surface area contributed by atoms with Crippen LogP contribution in [-0.4, -0.2) is 47.4 Å². The second-order valence-electron chi connectivity index (χ2n) is 14.9. The van der Waals surface area contributed by atoms with Crippen molar-refractivity contribution < 1.29 is 33.7 Å². The van der Waals surface area contributed by atoms with Gasteiger partial charge in [0.2, 0.25) is 0 Å². The molecule has 224 valence electrons. The van der Waals surface area contributed by atoms with Crippen molar-refractivity contribution >= 4 is 17.9 Å². The highest BCUT2D eigenvalue weighted by Gasteiger charge is 2.70. The average Bonchev–Trinajstić information content (AvgIpc) is 3.13. The third-order valence-electron chi connectivity index (χ3n) is 12.8. The van der Waals surface area contributed by atoms with Crippen LogP contribution in [0.5, 0.6) is 0 Å². The summed E-state index contributed by atoms with van der Waals surface area (Å²) >= 11 is 0. The molecule has 5 aliphatic rings. The van der Waals surface area contributed by atoms with E-state index in [1.54, 1.807) is 6.92 Å². The van der Waals surface area contributed by atoms with E-state index in [1.165, 1.54) is 6.92 Å². The maximum Gasteiger partial charge on any atom is 0.335 e. The summed E-state index contributed by atoms with van der Waals surface area (Å²) in [5, 5.41) is 9.95. The summed E-state index contributed by atoms with van der Waals surface area (Å²) in [7, 11) is 0. The molecule has 4 aliphatic carbocycles. The van der Waals surface area contributed by atoms with E-state index >= 15 is 0 Å². The molecular formula is C33H50O7. The summed E-state index contributed by atoms with van der Waals surface area (Å²) < 4.78 is 17.9. The van der Waals surface area contributed by atoms with Crippen molar-refractivity contribution in [2.75, 3.05) is 0 Å². The van der Waals surface area contributed by atoms with Crippen LogP contribution in [0.3, 0.4) is 0 Å². The molecular weight excluding hydrogens is 508 g/mol. The Morgan fingerprint density at radius 2 is 1.70 bits per heavy atom. The van der Waals surface area contributed by atoms with E-state index < -0.39 is 23.6 Å². The van der Waals surface area contributed by atoms with Gasteiger partial charge in [0.15, 0.2) is 0 Å². The first kappa shape index (κ1) is 29.6. The topological polar surface area (TPSA) is 99.1 Å². The summed E-state index contributed by atoms with van der Waals surface area (Å²) in [5.41, 5.74) is 0.981. The minimum Gasteiger partial charge on any atom is -0.462 e. The van der Waals surface area contributed by atoms with Gasteiger partial charge in [0.25, 0.3) is 0 Å². The third-order valence-corrected chi connectivity index (χ3v) is 12.8. The number of carbonyl (C=O) groups is 3. The van der Waals surface area contributed by atoms with Gasteiger partial charge in [-0.25, -0.2) is 4.79 Å². The number of cyclic esters (lactones) is 1. The van der Waals surface area contributed by atoms with Gasteiger partial charge in [0.05, 0.1) is 12.5 Å². The van der Waals surface area contributed by atoms with Crippen LogP contribution in [0.4, 0.5) is 0 Å². The van der Waals surface area contributed by atoms with E-state index in [0.29, 0.717) is 12.3 Å². The highest BCUT2D eigenvalue weighted by atomic mass is 16.6. The number of aliphatic hydroxyl groups excluding tert-OH is 1. The monoisotopic (exact) mass is 558 g/mol. The zero-order chi connectivity index (χ0) is 29.4. The van der Waals surface area contributed by atoms with Crippen molar-refractivity contribution in [1.82, 2.24) is 0 Å². The first-order chi connectivity index (χ1) is 18.6. The summed E-state index contributed by atoms with van der Waals surface area (Å²) in [5.74, 6) is -0.0870. The Balaban J connectivity index is 1.59. The van der Waals surface area contributed by atoms with Crippen LogP contribution in [-0.2, 0) is 28.6 Å². The number of fused-ring (bicyclic) bond motifs is 6. The lowest BCUT2D eigenvalue weighted by atomic mass is 9.34. The normalized spacial score (nSPS) is 45.7. The molecule has 0 aromatic carbocycles. The highest BCUT2D eigenvalue weighted by molar-refractivity contribution is 5.94. The Hall–Kier alpha value is -1.89. The lowest BCUT2D eigenvalue weighted by Gasteiger charge is -2.70. The second-order valence-corrected chi connectivity index (χ2v) is 14.9. The standard InChI is InChI=1S/C33H50O7/c1-18(34)16-27(36)40-26-17-25-31(6)14-9-13-30(5,20(3)39-21(4)35)23(31)12-15-32(25,7)24-11-10-22-19(2)38-29(37)28(22)33(24,26)8/h18-20,23-26,34H,9-17H2,1-8H3/t18?,19-,20?,23-,24-,25+,26-,30+,31-,32-,33+/m0/s1. The van der Waals surface area contributed by atoms with Crippen LogP contribution in [0, 0.1) is 39.4 Å². The SMILES string of the molecule is CC(=O)OC(C)[C@@]1(C)CCC[C@]2(C)[C@H]3C[C@H](OC(=O)CC(C)O)[C@]4(C)C5=C(CC[C@H]4[C@]3(C)CC[C@H]21)[C@H](C)OC5=O. The van der Waals surface area contributed by atoms with Crippen LogP contribution >= 0.6 is 0 Å². The first-order valence-electron chi connectivity index (χ1n) is 15.6. The molecule has 1 aliphatic heterocycles. The van der Waals surface area contributed by atoms with Crippen LogP contribution < -0.4 is 0 Å². The molecule has 0 amide bonds. The van der Waals surface area contributed by atoms with Crippen LogP contribution in [0.25, 0.3) is 0 Å². The molecule has 11 atom stereocenters. The fourth-order valence-electron chi connectivity index (χ4n) is 11.0. The summed E-state index contributed by atoms with van der Waals surface area (Å²) in [6, 6.07) is 0. The molecule has 3 saturated carbocycles. The van der Waals surface area contributed by atoms with Gasteiger partial charge in [-0.15, -0.1) is 0 Å². The van der Waals surface area contributed by atoms with Gasteiger partial charge in [-0.2, -0.15) is 0 Å². The molecule has 1 heterocycles. The maximum absolute atomic E-state index is 13.4. The number of rotatable bonds is 5. The zero-order valence-electron chi connectivity index (χ0n) is 25.8. The average molecular weight is 559 g/mol. The minimum atomic E-state index is -0.791. The first-order valence-corrected chi connectivity index (χ1v) is 15.6. The van der Waals surface area contributed by atoms with Crippen molar-refractivity contribution in [2.45, 2.75) is 138 Å². The molecule has 7 heteroatoms. The van der Waals surface area contributed by atoms with Gasteiger partial charge >= 0.3 is 17.9 Å². The Kier molecular flexibility index (Phi) is 7.28. The molecule has 0 bridgehead atoms. The number of ether oxygens (including phenoxy) is 3. The number of carbonyl (C=O) groups excluding carboxylic acids is 3. The number of aliphatic hydroxyl groups is 1. The molecule has 0 aromatic rings. The lowest BCUT2D eigenvalue weighted by molar-refractivity contribution is -0.237. The number of hydrogen-bond acceptors (Lipinski definition) is 7. The van der Waals surface area contributed by atoms with E-state index in [0.717, 1.165) is 56.1 Å². The predicted molar refractivity (Wildman–Crippen MR) is 150 cm³/mol. The van der Waals surface area contributed by atoms with Crippen LogP contribution in [0.15, 0.2) is 11.1 Å². The van der Waals surface area contributed by atoms with E-state index in [2.05, 4.69) is 34.6 Å². The van der Waals surface area contributed by atoms with Gasteiger partial charge < -0.3 is 19.3 Å². The third kappa shape index (κ3) is 4.19. The van der Waals surface area contributed by atoms with Gasteiger partial charge in [-0.3, -0.25) is 9.59 Å². The summed E-state index contributed by atoms with van der Waals surface area (Å²) in [4.78, 5) is 38.5. The number of hydrogen-bond donors (Lipinski definition) is 1. The van der Waals surface area contributed by atoms with E-state index in [-0.39, 0.29) is 58.6 Å². The Bertz CT molecular complexity index is 1110.